The molecule has 0 aliphatic rings. The zero-order chi connectivity index (χ0) is 17.9. The van der Waals surface area contributed by atoms with Crippen LogP contribution < -0.4 is 10.2 Å². The summed E-state index contributed by atoms with van der Waals surface area (Å²) >= 11 is 0. The highest BCUT2D eigenvalue weighted by Crippen LogP contribution is 2.19. The molecule has 0 saturated heterocycles. The number of nitrogens with zero attached hydrogens (tertiary/aromatic N) is 3. The Morgan fingerprint density at radius 1 is 1.29 bits per heavy atom. The molecule has 0 radical (unpaired) electrons. The largest absolute Gasteiger partial charge is 0.395 e. The van der Waals surface area contributed by atoms with Gasteiger partial charge in [-0.05, 0) is 58.0 Å². The number of hydrogen-bond acceptors (Lipinski definition) is 4. The van der Waals surface area contributed by atoms with Crippen LogP contribution in [0.4, 0.5) is 11.4 Å². The summed E-state index contributed by atoms with van der Waals surface area (Å²) in [4.78, 5) is 14.3. The van der Waals surface area contributed by atoms with Crippen LogP contribution >= 0.6 is 0 Å². The van der Waals surface area contributed by atoms with E-state index >= 15 is 0 Å². The molecule has 2 aromatic rings. The second kappa shape index (κ2) is 7.05. The Bertz CT molecular complexity index is 699. The Morgan fingerprint density at radius 2 is 1.92 bits per heavy atom. The lowest BCUT2D eigenvalue weighted by Gasteiger charge is -2.21. The van der Waals surface area contributed by atoms with Gasteiger partial charge in [0.1, 0.15) is 0 Å². The summed E-state index contributed by atoms with van der Waals surface area (Å²) in [5.41, 5.74) is 2.89. The van der Waals surface area contributed by atoms with E-state index < -0.39 is 0 Å². The highest BCUT2D eigenvalue weighted by atomic mass is 16.3. The number of nitrogens with one attached hydrogen (secondary N) is 1. The molecule has 0 bridgehead atoms. The number of carbonyl (C=O) groups is 1. The standard InChI is InChI=1S/C18H26N4O2/c1-13-12-16(20-22(13)18(2,3)4)17(24)19-14-6-8-15(9-7-14)21(5)10-11-23/h6-9,12,23H,10-11H2,1-5H3,(H,19,24). The topological polar surface area (TPSA) is 70.4 Å². The molecule has 0 fully saturated rings. The number of likely N-dealkylation sites (N-methyl/N-ethyl adjacent to an activating group) is 1. The molecule has 2 rings (SSSR count). The molecular formula is C18H26N4O2. The van der Waals surface area contributed by atoms with Gasteiger partial charge in [-0.1, -0.05) is 0 Å². The van der Waals surface area contributed by atoms with E-state index in [-0.39, 0.29) is 18.1 Å². The minimum absolute atomic E-state index is 0.102. The Hall–Kier alpha value is -2.34. The van der Waals surface area contributed by atoms with Gasteiger partial charge in [0, 0.05) is 30.7 Å². The van der Waals surface area contributed by atoms with Gasteiger partial charge in [0.05, 0.1) is 12.1 Å². The predicted molar refractivity (Wildman–Crippen MR) is 96.7 cm³/mol. The molecule has 0 unspecified atom stereocenters. The van der Waals surface area contributed by atoms with Crippen LogP contribution in [-0.4, -0.2) is 41.0 Å². The van der Waals surface area contributed by atoms with Gasteiger partial charge < -0.3 is 15.3 Å². The summed E-state index contributed by atoms with van der Waals surface area (Å²) < 4.78 is 1.86. The SMILES string of the molecule is Cc1cc(C(=O)Nc2ccc(N(C)CCO)cc2)nn1C(C)(C)C. The fraction of sp³-hybridized carbons (Fsp3) is 0.444. The van der Waals surface area contributed by atoms with E-state index in [4.69, 9.17) is 5.11 Å². The maximum Gasteiger partial charge on any atom is 0.276 e. The number of amides is 1. The highest BCUT2D eigenvalue weighted by Gasteiger charge is 2.20. The first kappa shape index (κ1) is 18.0. The van der Waals surface area contributed by atoms with E-state index in [0.29, 0.717) is 17.9 Å². The van der Waals surface area contributed by atoms with Crippen LogP contribution in [0.15, 0.2) is 30.3 Å². The summed E-state index contributed by atoms with van der Waals surface area (Å²) in [5.74, 6) is -0.224. The van der Waals surface area contributed by atoms with Crippen molar-refractivity contribution in [1.82, 2.24) is 9.78 Å². The summed E-state index contributed by atoms with van der Waals surface area (Å²) in [7, 11) is 1.91. The van der Waals surface area contributed by atoms with Crippen LogP contribution in [0.5, 0.6) is 0 Å². The van der Waals surface area contributed by atoms with Crippen LogP contribution in [0.2, 0.25) is 0 Å². The first-order valence-corrected chi connectivity index (χ1v) is 8.03. The molecule has 0 spiro atoms. The predicted octanol–water partition coefficient (Wildman–Crippen LogP) is 2.63. The van der Waals surface area contributed by atoms with Gasteiger partial charge in [-0.25, -0.2) is 0 Å². The zero-order valence-corrected chi connectivity index (χ0v) is 15.0. The van der Waals surface area contributed by atoms with Gasteiger partial charge in [-0.2, -0.15) is 5.10 Å². The van der Waals surface area contributed by atoms with Gasteiger partial charge in [-0.15, -0.1) is 0 Å². The summed E-state index contributed by atoms with van der Waals surface area (Å²) in [6, 6.07) is 9.29. The molecule has 1 aromatic carbocycles. The van der Waals surface area contributed by atoms with Crippen molar-refractivity contribution >= 4 is 17.3 Å². The van der Waals surface area contributed by atoms with E-state index in [1.54, 1.807) is 6.07 Å². The average Bonchev–Trinajstić information content (AvgIpc) is 2.90. The number of aromatic nitrogens is 2. The molecule has 0 atom stereocenters. The van der Waals surface area contributed by atoms with Gasteiger partial charge >= 0.3 is 0 Å². The second-order valence-corrected chi connectivity index (χ2v) is 6.90. The third-order valence-corrected chi connectivity index (χ3v) is 3.76. The lowest BCUT2D eigenvalue weighted by Crippen LogP contribution is -2.25. The quantitative estimate of drug-likeness (QED) is 0.884. The fourth-order valence-corrected chi connectivity index (χ4v) is 2.54. The third-order valence-electron chi connectivity index (χ3n) is 3.76. The van der Waals surface area contributed by atoms with Crippen molar-refractivity contribution in [1.29, 1.82) is 0 Å². The summed E-state index contributed by atoms with van der Waals surface area (Å²) in [6.45, 7) is 8.77. The van der Waals surface area contributed by atoms with E-state index in [9.17, 15) is 4.79 Å². The van der Waals surface area contributed by atoms with Crippen LogP contribution in [0, 0.1) is 6.92 Å². The minimum atomic E-state index is -0.224. The second-order valence-electron chi connectivity index (χ2n) is 6.90. The lowest BCUT2D eigenvalue weighted by atomic mass is 10.1. The van der Waals surface area contributed by atoms with E-state index in [2.05, 4.69) is 31.2 Å². The van der Waals surface area contributed by atoms with Gasteiger partial charge in [0.15, 0.2) is 5.69 Å². The average molecular weight is 330 g/mol. The number of carbonyl (C=O) groups excluding carboxylic acids is 1. The van der Waals surface area contributed by atoms with E-state index in [1.165, 1.54) is 0 Å². The minimum Gasteiger partial charge on any atom is -0.395 e. The molecule has 0 aliphatic heterocycles. The molecule has 1 aromatic heterocycles. The first-order chi connectivity index (χ1) is 11.2. The number of anilines is 2. The molecule has 6 heteroatoms. The Balaban J connectivity index is 2.10. The fourth-order valence-electron chi connectivity index (χ4n) is 2.54. The van der Waals surface area contributed by atoms with Crippen molar-refractivity contribution in [3.63, 3.8) is 0 Å². The molecule has 1 heterocycles. The first-order valence-electron chi connectivity index (χ1n) is 8.03. The maximum atomic E-state index is 12.4. The van der Waals surface area contributed by atoms with Crippen molar-refractivity contribution in [2.75, 3.05) is 30.4 Å². The van der Waals surface area contributed by atoms with Crippen LogP contribution in [0.1, 0.15) is 37.0 Å². The maximum absolute atomic E-state index is 12.4. The van der Waals surface area contributed by atoms with Gasteiger partial charge in [0.25, 0.3) is 5.91 Å². The lowest BCUT2D eigenvalue weighted by molar-refractivity contribution is 0.102. The monoisotopic (exact) mass is 330 g/mol. The van der Waals surface area contributed by atoms with Crippen molar-refractivity contribution in [2.24, 2.45) is 0 Å². The number of aryl methyl sites for hydroxylation is 1. The number of aliphatic hydroxyl groups is 1. The van der Waals surface area contributed by atoms with Crippen molar-refractivity contribution in [3.05, 3.63) is 41.7 Å². The molecule has 0 aliphatic carbocycles. The van der Waals surface area contributed by atoms with E-state index in [1.807, 2.05) is 47.8 Å². The summed E-state index contributed by atoms with van der Waals surface area (Å²) in [6.07, 6.45) is 0. The molecule has 0 saturated carbocycles. The Labute approximate surface area is 143 Å². The number of rotatable bonds is 5. The molecular weight excluding hydrogens is 304 g/mol. The number of hydrogen-bond donors (Lipinski definition) is 2. The van der Waals surface area contributed by atoms with Crippen molar-refractivity contribution < 1.29 is 9.90 Å². The highest BCUT2D eigenvalue weighted by molar-refractivity contribution is 6.03. The molecule has 1 amide bonds. The molecule has 6 nitrogen and oxygen atoms in total. The van der Waals surface area contributed by atoms with Crippen molar-refractivity contribution in [3.8, 4) is 0 Å². The Kier molecular flexibility index (Phi) is 5.29. The molecule has 130 valence electrons. The number of aliphatic hydroxyl groups excluding tert-OH is 1. The van der Waals surface area contributed by atoms with Crippen LogP contribution in [0.25, 0.3) is 0 Å². The van der Waals surface area contributed by atoms with Crippen LogP contribution in [-0.2, 0) is 5.54 Å². The van der Waals surface area contributed by atoms with E-state index in [0.717, 1.165) is 11.4 Å². The Morgan fingerprint density at radius 3 is 2.42 bits per heavy atom. The van der Waals surface area contributed by atoms with Crippen LogP contribution in [0.3, 0.4) is 0 Å². The zero-order valence-electron chi connectivity index (χ0n) is 15.0. The summed E-state index contributed by atoms with van der Waals surface area (Å²) in [5, 5.41) is 16.3. The molecule has 24 heavy (non-hydrogen) atoms. The van der Waals surface area contributed by atoms with Gasteiger partial charge in [0.2, 0.25) is 0 Å². The smallest absolute Gasteiger partial charge is 0.276 e. The van der Waals surface area contributed by atoms with Gasteiger partial charge in [-0.3, -0.25) is 9.48 Å². The number of benzene rings is 1. The van der Waals surface area contributed by atoms with Crippen molar-refractivity contribution in [2.45, 2.75) is 33.2 Å². The third kappa shape index (κ3) is 4.14. The normalized spacial score (nSPS) is 11.4. The molecule has 2 N–H and O–H groups in total.